The van der Waals surface area contributed by atoms with E-state index in [2.05, 4.69) is 0 Å². The van der Waals surface area contributed by atoms with Crippen molar-refractivity contribution < 1.29 is 22.3 Å². The van der Waals surface area contributed by atoms with Crippen LogP contribution in [-0.2, 0) is 10.0 Å². The van der Waals surface area contributed by atoms with Crippen LogP contribution in [0.5, 0.6) is 0 Å². The molecule has 1 aliphatic carbocycles. The smallest absolute Gasteiger partial charge is 0.243 e. The highest BCUT2D eigenvalue weighted by atomic mass is 35.5. The molecule has 0 spiro atoms. The zero-order valence-electron chi connectivity index (χ0n) is 14.2. The number of nitrogens with zero attached hydrogens (tertiary/aromatic N) is 1. The molecule has 2 heterocycles. The summed E-state index contributed by atoms with van der Waals surface area (Å²) < 4.78 is 55.3. The molecule has 4 nitrogen and oxygen atoms in total. The molecule has 27 heavy (non-hydrogen) atoms. The molecule has 1 saturated carbocycles. The molecule has 5 rings (SSSR count). The third-order valence-corrected chi connectivity index (χ3v) is 7.76. The van der Waals surface area contributed by atoms with E-state index in [4.69, 9.17) is 11.6 Å². The predicted molar refractivity (Wildman–Crippen MR) is 96.7 cm³/mol. The lowest BCUT2D eigenvalue weighted by atomic mass is 9.72. The van der Waals surface area contributed by atoms with E-state index in [1.54, 1.807) is 0 Å². The fourth-order valence-corrected chi connectivity index (χ4v) is 6.34. The summed E-state index contributed by atoms with van der Waals surface area (Å²) in [7, 11) is -3.91. The lowest BCUT2D eigenvalue weighted by Gasteiger charge is -2.52. The van der Waals surface area contributed by atoms with Crippen LogP contribution in [0.15, 0.2) is 47.4 Å². The molecular weight excluding hydrogens is 396 g/mol. The van der Waals surface area contributed by atoms with E-state index >= 15 is 0 Å². The summed E-state index contributed by atoms with van der Waals surface area (Å²) in [6, 6.07) is 8.12. The van der Waals surface area contributed by atoms with Gasteiger partial charge in [-0.25, -0.2) is 17.2 Å². The van der Waals surface area contributed by atoms with Crippen molar-refractivity contribution in [3.8, 4) is 0 Å². The molecular formula is C19H18ClF2NO3S. The van der Waals surface area contributed by atoms with Gasteiger partial charge in [0.05, 0.1) is 17.0 Å². The Morgan fingerprint density at radius 3 is 2.37 bits per heavy atom. The molecule has 3 aliphatic rings. The second-order valence-corrected chi connectivity index (χ2v) is 9.38. The molecule has 0 amide bonds. The first kappa shape index (κ1) is 18.8. The van der Waals surface area contributed by atoms with E-state index < -0.39 is 39.8 Å². The van der Waals surface area contributed by atoms with E-state index in [0.29, 0.717) is 29.8 Å². The Morgan fingerprint density at radius 1 is 1.04 bits per heavy atom. The van der Waals surface area contributed by atoms with Crippen LogP contribution >= 0.6 is 11.6 Å². The molecule has 0 radical (unpaired) electrons. The summed E-state index contributed by atoms with van der Waals surface area (Å²) >= 11 is 5.87. The van der Waals surface area contributed by atoms with Crippen LogP contribution in [0, 0.1) is 17.6 Å². The van der Waals surface area contributed by atoms with Crippen LogP contribution in [0.2, 0.25) is 5.02 Å². The summed E-state index contributed by atoms with van der Waals surface area (Å²) in [6.07, 6.45) is 0.896. The summed E-state index contributed by atoms with van der Waals surface area (Å²) in [5.41, 5.74) is 0.347. The van der Waals surface area contributed by atoms with Crippen molar-refractivity contribution in [3.63, 3.8) is 0 Å². The monoisotopic (exact) mass is 413 g/mol. The van der Waals surface area contributed by atoms with Gasteiger partial charge in [0.15, 0.2) is 11.6 Å². The van der Waals surface area contributed by atoms with Gasteiger partial charge >= 0.3 is 0 Å². The molecule has 2 bridgehead atoms. The number of aliphatic hydroxyl groups is 1. The SMILES string of the molecule is O=S(=O)(c1ccc(Cl)cc1)N1[C@H]2CC[C@@H]([C@H]1c1ccc(F)c(F)c1)[C@@H](O)C2. The number of hydrogen-bond acceptors (Lipinski definition) is 3. The molecule has 2 aromatic rings. The second kappa shape index (κ2) is 6.81. The molecule has 144 valence electrons. The van der Waals surface area contributed by atoms with Gasteiger partial charge in [-0.3, -0.25) is 0 Å². The number of halogens is 3. The number of hydrogen-bond donors (Lipinski definition) is 1. The lowest BCUT2D eigenvalue weighted by Crippen LogP contribution is -2.57. The Bertz CT molecular complexity index is 967. The van der Waals surface area contributed by atoms with Crippen LogP contribution in [0.3, 0.4) is 0 Å². The van der Waals surface area contributed by atoms with Crippen molar-refractivity contribution in [2.24, 2.45) is 5.92 Å². The van der Waals surface area contributed by atoms with Crippen LogP contribution in [-0.4, -0.2) is 30.0 Å². The summed E-state index contributed by atoms with van der Waals surface area (Å²) in [6.45, 7) is 0. The first-order valence-electron chi connectivity index (χ1n) is 8.71. The van der Waals surface area contributed by atoms with E-state index in [0.717, 1.165) is 12.1 Å². The average Bonchev–Trinajstić information content (AvgIpc) is 2.64. The number of piperidine rings is 2. The average molecular weight is 414 g/mol. The maximum Gasteiger partial charge on any atom is 0.243 e. The number of fused-ring (bicyclic) bond motifs is 3. The number of benzene rings is 2. The summed E-state index contributed by atoms with van der Waals surface area (Å²) in [5.74, 6) is -2.40. The van der Waals surface area contributed by atoms with Crippen molar-refractivity contribution in [1.29, 1.82) is 0 Å². The maximum absolute atomic E-state index is 13.8. The molecule has 8 heteroatoms. The molecule has 2 aromatic carbocycles. The van der Waals surface area contributed by atoms with Gasteiger partial charge in [-0.05, 0) is 61.2 Å². The topological polar surface area (TPSA) is 57.6 Å². The Balaban J connectivity index is 1.83. The van der Waals surface area contributed by atoms with Gasteiger partial charge in [0.25, 0.3) is 0 Å². The Kier molecular flexibility index (Phi) is 4.74. The van der Waals surface area contributed by atoms with Crippen molar-refractivity contribution >= 4 is 21.6 Å². The van der Waals surface area contributed by atoms with E-state index in [-0.39, 0.29) is 10.8 Å². The third kappa shape index (κ3) is 3.16. The minimum absolute atomic E-state index is 0.0847. The normalized spacial score (nSPS) is 28.4. The van der Waals surface area contributed by atoms with Gasteiger partial charge in [-0.1, -0.05) is 17.7 Å². The summed E-state index contributed by atoms with van der Waals surface area (Å²) in [4.78, 5) is 0.0847. The molecule has 3 fully saturated rings. The fourth-order valence-electron chi connectivity index (χ4n) is 4.33. The first-order valence-corrected chi connectivity index (χ1v) is 10.5. The standard InChI is InChI=1S/C19H18ClF2NO3S/c20-12-2-5-14(6-3-12)27(25,26)23-13-4-7-15(18(24)10-13)19(23)11-1-8-16(21)17(22)9-11/h1-3,5-6,8-9,13,15,18-19,24H,4,7,10H2/t13-,15+,18-,19+/m0/s1. The Morgan fingerprint density at radius 2 is 1.74 bits per heavy atom. The van der Waals surface area contributed by atoms with Crippen LogP contribution in [0.1, 0.15) is 30.9 Å². The highest BCUT2D eigenvalue weighted by Gasteiger charge is 2.52. The molecule has 1 N–H and O–H groups in total. The van der Waals surface area contributed by atoms with Crippen LogP contribution < -0.4 is 0 Å². The molecule has 0 aromatic heterocycles. The number of rotatable bonds is 3. The van der Waals surface area contributed by atoms with Crippen LogP contribution in [0.25, 0.3) is 0 Å². The van der Waals surface area contributed by atoms with Crippen molar-refractivity contribution in [2.75, 3.05) is 0 Å². The van der Waals surface area contributed by atoms with Gasteiger partial charge in [-0.2, -0.15) is 4.31 Å². The molecule has 0 unspecified atom stereocenters. The number of sulfonamides is 1. The minimum Gasteiger partial charge on any atom is -0.393 e. The second-order valence-electron chi connectivity index (χ2n) is 7.11. The fraction of sp³-hybridized carbons (Fsp3) is 0.368. The Labute approximate surface area is 161 Å². The summed E-state index contributed by atoms with van der Waals surface area (Å²) in [5, 5.41) is 10.9. The van der Waals surface area contributed by atoms with Gasteiger partial charge in [0.2, 0.25) is 10.0 Å². The molecule has 2 saturated heterocycles. The van der Waals surface area contributed by atoms with Crippen LogP contribution in [0.4, 0.5) is 8.78 Å². The quantitative estimate of drug-likeness (QED) is 0.830. The van der Waals surface area contributed by atoms with Gasteiger partial charge in [0, 0.05) is 17.0 Å². The lowest BCUT2D eigenvalue weighted by molar-refractivity contribution is -0.0538. The van der Waals surface area contributed by atoms with E-state index in [1.807, 2.05) is 0 Å². The van der Waals surface area contributed by atoms with Gasteiger partial charge in [0.1, 0.15) is 0 Å². The minimum atomic E-state index is -3.91. The van der Waals surface area contributed by atoms with Crippen molar-refractivity contribution in [2.45, 2.75) is 42.3 Å². The maximum atomic E-state index is 13.8. The van der Waals surface area contributed by atoms with Crippen molar-refractivity contribution in [3.05, 3.63) is 64.7 Å². The predicted octanol–water partition coefficient (Wildman–Crippen LogP) is 3.89. The highest BCUT2D eigenvalue weighted by Crippen LogP contribution is 2.50. The third-order valence-electron chi connectivity index (χ3n) is 5.55. The zero-order valence-corrected chi connectivity index (χ0v) is 15.8. The van der Waals surface area contributed by atoms with Gasteiger partial charge < -0.3 is 5.11 Å². The number of aliphatic hydroxyl groups excluding tert-OH is 1. The van der Waals surface area contributed by atoms with E-state index in [9.17, 15) is 22.3 Å². The first-order chi connectivity index (χ1) is 12.8. The zero-order chi connectivity index (χ0) is 19.3. The Hall–Kier alpha value is -1.54. The highest BCUT2D eigenvalue weighted by molar-refractivity contribution is 7.89. The molecule has 2 aliphatic heterocycles. The largest absolute Gasteiger partial charge is 0.393 e. The van der Waals surface area contributed by atoms with E-state index in [1.165, 1.54) is 34.6 Å². The molecule has 4 atom stereocenters. The van der Waals surface area contributed by atoms with Crippen molar-refractivity contribution in [1.82, 2.24) is 4.31 Å². The van der Waals surface area contributed by atoms with Gasteiger partial charge in [-0.15, -0.1) is 0 Å².